The lowest BCUT2D eigenvalue weighted by atomic mass is 9.83. The Bertz CT molecular complexity index is 1640. The van der Waals surface area contributed by atoms with Gasteiger partial charge in [-0.3, -0.25) is 14.4 Å². The van der Waals surface area contributed by atoms with Crippen molar-refractivity contribution in [3.63, 3.8) is 0 Å². The van der Waals surface area contributed by atoms with E-state index in [9.17, 15) is 14.4 Å². The number of nitrogens with zero attached hydrogens (tertiary/aromatic N) is 1. The van der Waals surface area contributed by atoms with Crippen LogP contribution in [0.2, 0.25) is 0 Å². The van der Waals surface area contributed by atoms with Crippen LogP contribution < -0.4 is 5.73 Å². The molecule has 5 nitrogen and oxygen atoms in total. The second kappa shape index (κ2) is 5.73. The standard InChI is InChI=1S/C26H16N2O3/c1-11(29)13-3-5-15-17-7-9-19-24-20(26(31)28-25(19)27)10-8-18(23(17)24)16-6-4-14(12(2)30)21(13)22(15)16/h3-10H,1-2H3,(H2,27,28,31). The van der Waals surface area contributed by atoms with Gasteiger partial charge >= 0.3 is 0 Å². The molecule has 0 aliphatic carbocycles. The Morgan fingerprint density at radius 1 is 0.645 bits per heavy atom. The van der Waals surface area contributed by atoms with E-state index in [-0.39, 0.29) is 23.3 Å². The van der Waals surface area contributed by atoms with Crippen molar-refractivity contribution < 1.29 is 14.4 Å². The molecule has 0 bridgehead atoms. The molecule has 0 saturated heterocycles. The number of ketones is 2. The molecule has 0 spiro atoms. The number of fused-ring (bicyclic) bond motifs is 2. The monoisotopic (exact) mass is 404 g/mol. The van der Waals surface area contributed by atoms with Crippen LogP contribution in [-0.4, -0.2) is 23.3 Å². The number of carbonyl (C=O) groups is 3. The summed E-state index contributed by atoms with van der Waals surface area (Å²) in [5.41, 5.74) is 8.43. The summed E-state index contributed by atoms with van der Waals surface area (Å²) in [6.45, 7) is 3.04. The molecule has 0 atom stereocenters. The number of hydrogen-bond donors (Lipinski definition) is 1. The van der Waals surface area contributed by atoms with Crippen molar-refractivity contribution in [2.75, 3.05) is 0 Å². The topological polar surface area (TPSA) is 89.6 Å². The first-order valence-electron chi connectivity index (χ1n) is 9.99. The maximum Gasteiger partial charge on any atom is 0.279 e. The van der Waals surface area contributed by atoms with Gasteiger partial charge in [0.2, 0.25) is 0 Å². The van der Waals surface area contributed by atoms with E-state index in [4.69, 9.17) is 5.73 Å². The highest BCUT2D eigenvalue weighted by Gasteiger charge is 2.25. The van der Waals surface area contributed by atoms with Crippen molar-refractivity contribution in [2.45, 2.75) is 13.8 Å². The average molecular weight is 404 g/mol. The highest BCUT2D eigenvalue weighted by molar-refractivity contribution is 6.39. The van der Waals surface area contributed by atoms with Crippen LogP contribution in [0.3, 0.4) is 0 Å². The Hall–Kier alpha value is -4.12. The molecule has 1 amide bonds. The molecular weight excluding hydrogens is 388 g/mol. The van der Waals surface area contributed by atoms with E-state index < -0.39 is 0 Å². The van der Waals surface area contributed by atoms with Gasteiger partial charge in [0.05, 0.1) is 5.56 Å². The number of hydrogen-bond acceptors (Lipinski definition) is 4. The van der Waals surface area contributed by atoms with E-state index in [0.717, 1.165) is 43.3 Å². The summed E-state index contributed by atoms with van der Waals surface area (Å²) >= 11 is 0. The van der Waals surface area contributed by atoms with Crippen LogP contribution in [0.25, 0.3) is 43.1 Å². The maximum absolute atomic E-state index is 12.5. The minimum Gasteiger partial charge on any atom is -0.383 e. The molecule has 2 N–H and O–H groups in total. The van der Waals surface area contributed by atoms with Gasteiger partial charge in [-0.05, 0) is 58.3 Å². The molecule has 1 heterocycles. The van der Waals surface area contributed by atoms with E-state index in [1.807, 2.05) is 30.3 Å². The summed E-state index contributed by atoms with van der Waals surface area (Å²) in [5, 5.41) is 7.09. The zero-order valence-corrected chi connectivity index (χ0v) is 16.9. The fraction of sp³-hybridized carbons (Fsp3) is 0.0769. The molecule has 5 aromatic rings. The first-order chi connectivity index (χ1) is 14.9. The number of carbonyl (C=O) groups excluding carboxylic acids is 3. The zero-order valence-electron chi connectivity index (χ0n) is 16.9. The number of rotatable bonds is 2. The van der Waals surface area contributed by atoms with Crippen molar-refractivity contribution in [3.05, 3.63) is 70.8 Å². The number of Topliss-reactive ketones (excluding diaryl/α,β-unsaturated/α-hetero) is 2. The van der Waals surface area contributed by atoms with Gasteiger partial charge in [-0.25, -0.2) is 0 Å². The van der Waals surface area contributed by atoms with Gasteiger partial charge < -0.3 is 5.73 Å². The molecule has 0 aromatic heterocycles. The Balaban J connectivity index is 1.97. The van der Waals surface area contributed by atoms with Crippen molar-refractivity contribution in [2.24, 2.45) is 10.7 Å². The van der Waals surface area contributed by atoms with E-state index in [1.54, 1.807) is 18.2 Å². The van der Waals surface area contributed by atoms with E-state index in [2.05, 4.69) is 4.99 Å². The molecule has 5 heteroatoms. The maximum atomic E-state index is 12.5. The third-order valence-corrected chi connectivity index (χ3v) is 6.39. The van der Waals surface area contributed by atoms with Crippen LogP contribution in [-0.2, 0) is 0 Å². The zero-order chi connectivity index (χ0) is 21.6. The summed E-state index contributed by atoms with van der Waals surface area (Å²) < 4.78 is 0. The smallest absolute Gasteiger partial charge is 0.279 e. The third kappa shape index (κ3) is 2.10. The lowest BCUT2D eigenvalue weighted by Crippen LogP contribution is -2.21. The summed E-state index contributed by atoms with van der Waals surface area (Å²) in [5.74, 6) is -0.298. The summed E-state index contributed by atoms with van der Waals surface area (Å²) in [6.07, 6.45) is 0. The lowest BCUT2D eigenvalue weighted by molar-refractivity contribution is 0.0997. The van der Waals surface area contributed by atoms with Gasteiger partial charge in [-0.2, -0.15) is 4.99 Å². The predicted molar refractivity (Wildman–Crippen MR) is 123 cm³/mol. The molecule has 6 rings (SSSR count). The first kappa shape index (κ1) is 17.7. The number of nitrogens with two attached hydrogens (primary N) is 1. The molecule has 0 unspecified atom stereocenters. The number of amides is 1. The van der Waals surface area contributed by atoms with Gasteiger partial charge in [0, 0.05) is 27.5 Å². The Kier molecular flexibility index (Phi) is 3.27. The largest absolute Gasteiger partial charge is 0.383 e. The Morgan fingerprint density at radius 3 is 1.61 bits per heavy atom. The Labute approximate surface area is 176 Å². The first-order valence-corrected chi connectivity index (χ1v) is 9.99. The third-order valence-electron chi connectivity index (χ3n) is 6.39. The minimum absolute atomic E-state index is 0.0863. The van der Waals surface area contributed by atoms with Crippen LogP contribution >= 0.6 is 0 Å². The van der Waals surface area contributed by atoms with Crippen LogP contribution in [0.4, 0.5) is 0 Å². The van der Waals surface area contributed by atoms with E-state index >= 15 is 0 Å². The molecule has 0 radical (unpaired) electrons. The molecule has 148 valence electrons. The van der Waals surface area contributed by atoms with Gasteiger partial charge in [0.1, 0.15) is 5.84 Å². The van der Waals surface area contributed by atoms with Gasteiger partial charge in [0.15, 0.2) is 11.6 Å². The van der Waals surface area contributed by atoms with Crippen molar-refractivity contribution in [1.29, 1.82) is 0 Å². The summed E-state index contributed by atoms with van der Waals surface area (Å²) in [7, 11) is 0. The molecular formula is C26H16N2O3. The number of aliphatic imine (C=N–C) groups is 1. The van der Waals surface area contributed by atoms with Gasteiger partial charge in [0.25, 0.3) is 5.91 Å². The predicted octanol–water partition coefficient (Wildman–Crippen LogP) is 5.00. The fourth-order valence-corrected chi connectivity index (χ4v) is 5.10. The molecule has 31 heavy (non-hydrogen) atoms. The molecule has 1 aliphatic heterocycles. The van der Waals surface area contributed by atoms with Gasteiger partial charge in [-0.1, -0.05) is 36.4 Å². The minimum atomic E-state index is -0.344. The SMILES string of the molecule is CC(=O)c1ccc2c3ccc4c5c(ccc(c6ccc(C(C)=O)c1c26)c53)C(N)=NC4=O. The normalized spacial score (nSPS) is 13.5. The highest BCUT2D eigenvalue weighted by atomic mass is 16.1. The second-order valence-corrected chi connectivity index (χ2v) is 8.06. The van der Waals surface area contributed by atoms with Gasteiger partial charge in [-0.15, -0.1) is 0 Å². The highest BCUT2D eigenvalue weighted by Crippen LogP contribution is 2.44. The molecule has 1 aliphatic rings. The fourth-order valence-electron chi connectivity index (χ4n) is 5.10. The van der Waals surface area contributed by atoms with Crippen molar-refractivity contribution in [3.8, 4) is 0 Å². The summed E-state index contributed by atoms with van der Waals surface area (Å²) in [6, 6.07) is 15.0. The molecule has 5 aromatic carbocycles. The van der Waals surface area contributed by atoms with Crippen LogP contribution in [0.15, 0.2) is 53.5 Å². The van der Waals surface area contributed by atoms with Crippen molar-refractivity contribution >= 4 is 66.4 Å². The molecule has 0 fully saturated rings. The van der Waals surface area contributed by atoms with Crippen LogP contribution in [0.1, 0.15) is 50.5 Å². The van der Waals surface area contributed by atoms with Crippen LogP contribution in [0.5, 0.6) is 0 Å². The quantitative estimate of drug-likeness (QED) is 0.255. The Morgan fingerprint density at radius 2 is 1.10 bits per heavy atom. The average Bonchev–Trinajstić information content (AvgIpc) is 2.75. The second-order valence-electron chi connectivity index (χ2n) is 8.06. The van der Waals surface area contributed by atoms with Crippen molar-refractivity contribution in [1.82, 2.24) is 0 Å². The number of amidine groups is 1. The number of benzene rings is 5. The van der Waals surface area contributed by atoms with E-state index in [0.29, 0.717) is 22.1 Å². The van der Waals surface area contributed by atoms with E-state index in [1.165, 1.54) is 13.8 Å². The summed E-state index contributed by atoms with van der Waals surface area (Å²) in [4.78, 5) is 41.4. The lowest BCUT2D eigenvalue weighted by Gasteiger charge is -2.21. The van der Waals surface area contributed by atoms with Crippen LogP contribution in [0, 0.1) is 0 Å². The molecule has 0 saturated carbocycles.